The fraction of sp³-hybridized carbons (Fsp3) is 0.348. The monoisotopic (exact) mass is 546 g/mol. The third kappa shape index (κ3) is 7.31. The first-order valence-corrected chi connectivity index (χ1v) is 11.3. The van der Waals surface area contributed by atoms with E-state index in [4.69, 9.17) is 10.7 Å². The molecule has 39 heavy (non-hydrogen) atoms. The van der Waals surface area contributed by atoms with Gasteiger partial charge in [0.15, 0.2) is 11.6 Å². The van der Waals surface area contributed by atoms with Crippen molar-refractivity contribution in [2.75, 3.05) is 11.9 Å². The number of nitriles is 1. The second-order valence-electron chi connectivity index (χ2n) is 7.78. The average Bonchev–Trinajstić information content (AvgIpc) is 2.91. The maximum absolute atomic E-state index is 12.9. The van der Waals surface area contributed by atoms with E-state index in [1.807, 2.05) is 0 Å². The van der Waals surface area contributed by atoms with E-state index in [9.17, 15) is 27.6 Å². The van der Waals surface area contributed by atoms with Crippen molar-refractivity contribution in [1.82, 2.24) is 24.4 Å². The summed E-state index contributed by atoms with van der Waals surface area (Å²) in [7, 11) is 1.36. The molecule has 0 radical (unpaired) electrons. The first-order chi connectivity index (χ1) is 18.4. The van der Waals surface area contributed by atoms with Gasteiger partial charge in [-0.15, -0.1) is 0 Å². The lowest BCUT2D eigenvalue weighted by atomic mass is 10.2. The molecule has 0 fully saturated rings. The van der Waals surface area contributed by atoms with Gasteiger partial charge in [0.05, 0.1) is 18.3 Å². The molecule has 0 bridgehead atoms. The van der Waals surface area contributed by atoms with Crippen LogP contribution in [0.2, 0.25) is 0 Å². The van der Waals surface area contributed by atoms with Gasteiger partial charge < -0.3 is 16.0 Å². The molecule has 0 amide bonds. The summed E-state index contributed by atoms with van der Waals surface area (Å²) in [5, 5.41) is 22.0. The van der Waals surface area contributed by atoms with Gasteiger partial charge in [-0.1, -0.05) is 6.08 Å². The summed E-state index contributed by atoms with van der Waals surface area (Å²) in [6.45, 7) is 3.65. The van der Waals surface area contributed by atoms with Crippen LogP contribution in [-0.4, -0.2) is 55.7 Å². The number of halogens is 3. The molecule has 1 atom stereocenters. The van der Waals surface area contributed by atoms with E-state index in [0.29, 0.717) is 4.57 Å². The molecule has 2 aromatic rings. The van der Waals surface area contributed by atoms with Crippen molar-refractivity contribution in [1.29, 1.82) is 10.7 Å². The summed E-state index contributed by atoms with van der Waals surface area (Å²) in [5.41, 5.74) is -1.32. The van der Waals surface area contributed by atoms with Crippen molar-refractivity contribution in [2.24, 2.45) is 17.0 Å². The van der Waals surface area contributed by atoms with Gasteiger partial charge in [0.25, 0.3) is 5.56 Å². The summed E-state index contributed by atoms with van der Waals surface area (Å²) in [4.78, 5) is 52.7. The van der Waals surface area contributed by atoms with Crippen molar-refractivity contribution in [3.63, 3.8) is 0 Å². The Morgan fingerprint density at radius 2 is 1.92 bits per heavy atom. The lowest BCUT2D eigenvalue weighted by molar-refractivity contribution is -0.145. The first kappa shape index (κ1) is 30.3. The molecule has 13 nitrogen and oxygen atoms in total. The number of carbonyl (C=O) groups excluding carboxylic acids is 1. The van der Waals surface area contributed by atoms with Crippen molar-refractivity contribution in [3.05, 3.63) is 50.7 Å². The summed E-state index contributed by atoms with van der Waals surface area (Å²) in [6, 6.07) is 0.733. The summed E-state index contributed by atoms with van der Waals surface area (Å²) in [6.07, 6.45) is 0.877. The zero-order valence-electron chi connectivity index (χ0n) is 21.4. The number of ketones is 1. The summed E-state index contributed by atoms with van der Waals surface area (Å²) in [5.74, 6) is -1.94. The molecule has 0 saturated carbocycles. The molecule has 2 rings (SSSR count). The van der Waals surface area contributed by atoms with E-state index in [2.05, 4.69) is 30.6 Å². The van der Waals surface area contributed by atoms with Crippen LogP contribution in [0.3, 0.4) is 0 Å². The van der Waals surface area contributed by atoms with Crippen LogP contribution in [0.25, 0.3) is 5.70 Å². The van der Waals surface area contributed by atoms with Crippen molar-refractivity contribution < 1.29 is 18.0 Å². The predicted octanol–water partition coefficient (Wildman–Crippen LogP) is 1.67. The molecule has 2 heterocycles. The van der Waals surface area contributed by atoms with Gasteiger partial charge in [-0.25, -0.2) is 24.3 Å². The van der Waals surface area contributed by atoms with E-state index in [1.165, 1.54) is 26.3 Å². The Kier molecular flexibility index (Phi) is 10.1. The van der Waals surface area contributed by atoms with Gasteiger partial charge in [-0.05, 0) is 20.8 Å². The van der Waals surface area contributed by atoms with Gasteiger partial charge >= 0.3 is 11.9 Å². The van der Waals surface area contributed by atoms with E-state index in [-0.39, 0.29) is 28.6 Å². The van der Waals surface area contributed by atoms with Crippen molar-refractivity contribution in [3.8, 4) is 6.07 Å². The highest BCUT2D eigenvalue weighted by Gasteiger charge is 2.34. The number of carbonyl (C=O) groups is 1. The minimum Gasteiger partial charge on any atom is -0.368 e. The SMILES string of the molecule is CC=Nc1c(NC(C)C(=O)CN=C(C=N)N/C(=C\C)c2cnc(C(F)(F)F)nc2)c(=O)n(CC#N)c(=O)n1C. The number of hydrogen-bond acceptors (Lipinski definition) is 10. The molecule has 0 aliphatic rings. The van der Waals surface area contributed by atoms with Gasteiger partial charge in [0.1, 0.15) is 24.6 Å². The zero-order chi connectivity index (χ0) is 29.3. The lowest BCUT2D eigenvalue weighted by Gasteiger charge is -2.17. The van der Waals surface area contributed by atoms with Crippen LogP contribution in [-0.2, 0) is 24.6 Å². The molecule has 0 spiro atoms. The van der Waals surface area contributed by atoms with E-state index >= 15 is 0 Å². The number of hydrogen-bond donors (Lipinski definition) is 3. The van der Waals surface area contributed by atoms with Crippen molar-refractivity contribution >= 4 is 41.3 Å². The van der Waals surface area contributed by atoms with Crippen LogP contribution < -0.4 is 21.9 Å². The van der Waals surface area contributed by atoms with Gasteiger partial charge in [0, 0.05) is 36.9 Å². The minimum atomic E-state index is -4.70. The van der Waals surface area contributed by atoms with Gasteiger partial charge in [-0.2, -0.15) is 18.4 Å². The zero-order valence-corrected chi connectivity index (χ0v) is 21.4. The maximum atomic E-state index is 12.9. The second kappa shape index (κ2) is 13.0. The summed E-state index contributed by atoms with van der Waals surface area (Å²) < 4.78 is 39.9. The molecule has 0 aliphatic carbocycles. The molecule has 0 saturated heterocycles. The number of rotatable bonds is 10. The molecular formula is C23H25F3N10O3. The number of anilines is 1. The van der Waals surface area contributed by atoms with Gasteiger partial charge in [-0.3, -0.25) is 19.1 Å². The number of allylic oxidation sites excluding steroid dienone is 1. The highest BCUT2D eigenvalue weighted by molar-refractivity contribution is 6.30. The Morgan fingerprint density at radius 3 is 2.44 bits per heavy atom. The molecular weight excluding hydrogens is 521 g/mol. The largest absolute Gasteiger partial charge is 0.451 e. The maximum Gasteiger partial charge on any atom is 0.451 e. The highest BCUT2D eigenvalue weighted by atomic mass is 19.4. The number of nitrogens with one attached hydrogen (secondary N) is 3. The fourth-order valence-electron chi connectivity index (χ4n) is 3.15. The minimum absolute atomic E-state index is 0.0387. The lowest BCUT2D eigenvalue weighted by Crippen LogP contribution is -2.42. The van der Waals surface area contributed by atoms with Crippen LogP contribution >= 0.6 is 0 Å². The molecule has 16 heteroatoms. The Balaban J connectivity index is 2.25. The molecule has 3 N–H and O–H groups in total. The number of Topliss-reactive ketones (excluding diaryl/α,β-unsaturated/α-hetero) is 1. The Bertz CT molecular complexity index is 1480. The third-order valence-corrected chi connectivity index (χ3v) is 5.15. The Hall–Kier alpha value is -4.94. The number of aromatic nitrogens is 4. The number of alkyl halides is 3. The first-order valence-electron chi connectivity index (χ1n) is 11.3. The smallest absolute Gasteiger partial charge is 0.368 e. The average molecular weight is 547 g/mol. The standard InChI is InChI=1S/C23H25F3N10O3/c1-5-15(14-10-31-21(32-11-14)23(24,25)26)34-17(9-28)30-12-16(37)13(3)33-18-19(29-6-2)35(4)22(39)36(8-7-27)20(18)38/h5-6,9-11,13,28,33H,8,12H2,1-4H3,(H,30,34)/b15-5-,28-9?,29-6?. The van der Waals surface area contributed by atoms with Crippen LogP contribution in [0.4, 0.5) is 24.7 Å². The number of nitrogens with zero attached hydrogens (tertiary/aromatic N) is 7. The number of aliphatic imine (C=N–C) groups is 2. The van der Waals surface area contributed by atoms with E-state index in [1.54, 1.807) is 19.9 Å². The highest BCUT2D eigenvalue weighted by Crippen LogP contribution is 2.26. The Morgan fingerprint density at radius 1 is 1.28 bits per heavy atom. The van der Waals surface area contributed by atoms with E-state index in [0.717, 1.165) is 23.2 Å². The summed E-state index contributed by atoms with van der Waals surface area (Å²) >= 11 is 0. The normalized spacial score (nSPS) is 13.2. The van der Waals surface area contributed by atoms with Crippen LogP contribution in [0.5, 0.6) is 0 Å². The quantitative estimate of drug-likeness (QED) is 0.297. The molecule has 1 unspecified atom stereocenters. The molecule has 2 aromatic heterocycles. The molecule has 0 aliphatic heterocycles. The van der Waals surface area contributed by atoms with Crippen LogP contribution in [0.15, 0.2) is 38.0 Å². The molecule has 0 aromatic carbocycles. The predicted molar refractivity (Wildman–Crippen MR) is 138 cm³/mol. The van der Waals surface area contributed by atoms with Crippen molar-refractivity contribution in [2.45, 2.75) is 39.5 Å². The fourth-order valence-corrected chi connectivity index (χ4v) is 3.15. The Labute approximate surface area is 220 Å². The van der Waals surface area contributed by atoms with Crippen LogP contribution in [0.1, 0.15) is 32.2 Å². The van der Waals surface area contributed by atoms with Crippen LogP contribution in [0, 0.1) is 16.7 Å². The van der Waals surface area contributed by atoms with Gasteiger partial charge in [0.2, 0.25) is 5.82 Å². The molecule has 206 valence electrons. The third-order valence-electron chi connectivity index (χ3n) is 5.15. The second-order valence-corrected chi connectivity index (χ2v) is 7.78. The van der Waals surface area contributed by atoms with E-state index < -0.39 is 48.2 Å². The number of amidine groups is 1. The topological polar surface area (TPSA) is 183 Å².